The number of nitrogens with one attached hydrogen (secondary N) is 1. The average Bonchev–Trinajstić information content (AvgIpc) is 2.24. The summed E-state index contributed by atoms with van der Waals surface area (Å²) in [7, 11) is 0. The molecular weight excluding hydrogens is 174 g/mol. The lowest BCUT2D eigenvalue weighted by molar-refractivity contribution is 0.101. The largest absolute Gasteiger partial charge is 0.507 e. The highest BCUT2D eigenvalue weighted by Crippen LogP contribution is 2.39. The highest BCUT2D eigenvalue weighted by Gasteiger charge is 2.35. The highest BCUT2D eigenvalue weighted by atomic mass is 32.2. The minimum Gasteiger partial charge on any atom is -0.507 e. The van der Waals surface area contributed by atoms with Crippen LogP contribution < -0.4 is 5.32 Å². The molecule has 3 nitrogen and oxygen atoms in total. The van der Waals surface area contributed by atoms with Gasteiger partial charge in [0.2, 0.25) is 0 Å². The van der Waals surface area contributed by atoms with Crippen LogP contribution in [0.4, 0.5) is 0 Å². The Bertz CT molecular complexity index is 315. The van der Waals surface area contributed by atoms with Gasteiger partial charge in [0.05, 0.1) is 5.70 Å². The molecule has 64 valence electrons. The van der Waals surface area contributed by atoms with Gasteiger partial charge in [0.1, 0.15) is 5.60 Å². The third-order valence-corrected chi connectivity index (χ3v) is 2.71. The van der Waals surface area contributed by atoms with Gasteiger partial charge in [-0.2, -0.15) is 0 Å². The van der Waals surface area contributed by atoms with E-state index in [1.165, 1.54) is 11.8 Å². The van der Waals surface area contributed by atoms with E-state index < -0.39 is 5.60 Å². The first-order valence-corrected chi connectivity index (χ1v) is 4.47. The number of fused-ring (bicyclic) bond motifs is 1. The van der Waals surface area contributed by atoms with Crippen molar-refractivity contribution in [3.8, 4) is 0 Å². The Morgan fingerprint density at radius 1 is 1.58 bits per heavy atom. The first-order chi connectivity index (χ1) is 5.61. The van der Waals surface area contributed by atoms with Crippen LogP contribution in [-0.4, -0.2) is 15.8 Å². The number of aliphatic hydroxyl groups excluding tert-OH is 1. The number of aliphatic hydroxyl groups is 2. The van der Waals surface area contributed by atoms with Crippen molar-refractivity contribution < 1.29 is 10.2 Å². The van der Waals surface area contributed by atoms with Crippen LogP contribution in [0.1, 0.15) is 6.92 Å². The zero-order valence-electron chi connectivity index (χ0n) is 6.53. The maximum atomic E-state index is 9.63. The molecule has 12 heavy (non-hydrogen) atoms. The Kier molecular flexibility index (Phi) is 1.49. The van der Waals surface area contributed by atoms with Crippen molar-refractivity contribution in [2.45, 2.75) is 12.5 Å². The Balaban J connectivity index is 2.48. The van der Waals surface area contributed by atoms with Gasteiger partial charge in [-0.05, 0) is 18.4 Å². The second-order valence-corrected chi connectivity index (χ2v) is 3.89. The molecule has 0 aromatic rings. The topological polar surface area (TPSA) is 52.5 Å². The molecule has 2 aliphatic rings. The standard InChI is InChI=1S/C8H9NO2S/c1-8(11)4-5-6(7(8)10)9-2-3-12-5/h2-4,9-11H,1H3/t8-/m1/s1. The van der Waals surface area contributed by atoms with Crippen LogP contribution in [0.5, 0.6) is 0 Å². The fourth-order valence-electron chi connectivity index (χ4n) is 1.22. The van der Waals surface area contributed by atoms with Crippen LogP contribution in [0, 0.1) is 0 Å². The van der Waals surface area contributed by atoms with E-state index in [9.17, 15) is 10.2 Å². The number of thioether (sulfide) groups is 1. The molecule has 3 N–H and O–H groups in total. The summed E-state index contributed by atoms with van der Waals surface area (Å²) in [6.45, 7) is 1.56. The smallest absolute Gasteiger partial charge is 0.152 e. The lowest BCUT2D eigenvalue weighted by Crippen LogP contribution is -2.22. The molecule has 1 atom stereocenters. The van der Waals surface area contributed by atoms with Crippen LogP contribution >= 0.6 is 11.8 Å². The summed E-state index contributed by atoms with van der Waals surface area (Å²) in [5, 5.41) is 23.9. The summed E-state index contributed by atoms with van der Waals surface area (Å²) in [5.74, 6) is -0.00523. The van der Waals surface area contributed by atoms with Gasteiger partial charge in [-0.1, -0.05) is 11.8 Å². The Labute approximate surface area is 74.5 Å². The maximum Gasteiger partial charge on any atom is 0.152 e. The Morgan fingerprint density at radius 2 is 2.33 bits per heavy atom. The van der Waals surface area contributed by atoms with Gasteiger partial charge >= 0.3 is 0 Å². The molecule has 0 saturated heterocycles. The van der Waals surface area contributed by atoms with Gasteiger partial charge in [0.25, 0.3) is 0 Å². The van der Waals surface area contributed by atoms with Gasteiger partial charge in [-0.3, -0.25) is 0 Å². The SMILES string of the molecule is C[C@@]1(O)C=C2SC=CNC2=C1O. The molecule has 0 aromatic carbocycles. The van der Waals surface area contributed by atoms with Crippen LogP contribution in [0.25, 0.3) is 0 Å². The van der Waals surface area contributed by atoms with E-state index in [-0.39, 0.29) is 5.76 Å². The third-order valence-electron chi connectivity index (χ3n) is 1.87. The molecule has 0 amide bonds. The second kappa shape index (κ2) is 2.31. The molecule has 2 rings (SSSR count). The molecule has 0 unspecified atom stereocenters. The number of hydrogen-bond donors (Lipinski definition) is 3. The third kappa shape index (κ3) is 0.956. The molecule has 1 aliphatic carbocycles. The summed E-state index contributed by atoms with van der Waals surface area (Å²) >= 11 is 1.48. The van der Waals surface area contributed by atoms with Crippen LogP contribution in [0.2, 0.25) is 0 Å². The minimum absolute atomic E-state index is 0.00523. The highest BCUT2D eigenvalue weighted by molar-refractivity contribution is 8.06. The monoisotopic (exact) mass is 183 g/mol. The van der Waals surface area contributed by atoms with Crippen molar-refractivity contribution in [1.29, 1.82) is 0 Å². The zero-order chi connectivity index (χ0) is 8.77. The van der Waals surface area contributed by atoms with E-state index in [1.807, 2.05) is 5.41 Å². The quantitative estimate of drug-likeness (QED) is 0.528. The van der Waals surface area contributed by atoms with Gasteiger partial charge in [-0.15, -0.1) is 0 Å². The zero-order valence-corrected chi connectivity index (χ0v) is 7.35. The molecule has 1 heterocycles. The van der Waals surface area contributed by atoms with E-state index >= 15 is 0 Å². The fraction of sp³-hybridized carbons (Fsp3) is 0.250. The van der Waals surface area contributed by atoms with Crippen LogP contribution in [0.3, 0.4) is 0 Å². The van der Waals surface area contributed by atoms with Gasteiger partial charge in [-0.25, -0.2) is 0 Å². The van der Waals surface area contributed by atoms with Crippen molar-refractivity contribution in [2.75, 3.05) is 0 Å². The Morgan fingerprint density at radius 3 is 3.00 bits per heavy atom. The molecular formula is C8H9NO2S. The molecule has 4 heteroatoms. The van der Waals surface area contributed by atoms with E-state index in [0.29, 0.717) is 5.70 Å². The molecule has 1 aliphatic heterocycles. The van der Waals surface area contributed by atoms with Crippen molar-refractivity contribution in [2.24, 2.45) is 0 Å². The molecule has 0 radical (unpaired) electrons. The van der Waals surface area contributed by atoms with Gasteiger partial charge < -0.3 is 15.5 Å². The average molecular weight is 183 g/mol. The summed E-state index contributed by atoms with van der Waals surface area (Å²) < 4.78 is 0. The minimum atomic E-state index is -1.21. The van der Waals surface area contributed by atoms with Crippen LogP contribution in [0.15, 0.2) is 34.0 Å². The second-order valence-electron chi connectivity index (χ2n) is 2.94. The van der Waals surface area contributed by atoms with E-state index in [2.05, 4.69) is 5.32 Å². The summed E-state index contributed by atoms with van der Waals surface area (Å²) in [6.07, 6.45) is 3.37. The van der Waals surface area contributed by atoms with E-state index in [1.54, 1.807) is 19.2 Å². The van der Waals surface area contributed by atoms with E-state index in [0.717, 1.165) is 4.91 Å². The molecule has 0 bridgehead atoms. The van der Waals surface area contributed by atoms with Crippen LogP contribution in [-0.2, 0) is 0 Å². The molecule has 0 spiro atoms. The molecule has 0 fully saturated rings. The van der Waals surface area contributed by atoms with Crippen molar-refractivity contribution >= 4 is 11.8 Å². The van der Waals surface area contributed by atoms with Gasteiger partial charge in [0, 0.05) is 11.1 Å². The van der Waals surface area contributed by atoms with Crippen molar-refractivity contribution in [1.82, 2.24) is 5.32 Å². The lowest BCUT2D eigenvalue weighted by atomic mass is 10.1. The predicted octanol–water partition coefficient (Wildman–Crippen LogP) is 1.21. The van der Waals surface area contributed by atoms with Gasteiger partial charge in [0.15, 0.2) is 5.76 Å². The van der Waals surface area contributed by atoms with Crippen molar-refractivity contribution in [3.05, 3.63) is 34.0 Å². The fourth-order valence-corrected chi connectivity index (χ4v) is 2.08. The first kappa shape index (κ1) is 7.76. The number of rotatable bonds is 0. The lowest BCUT2D eigenvalue weighted by Gasteiger charge is -2.14. The summed E-state index contributed by atoms with van der Waals surface area (Å²) in [5.41, 5.74) is -0.594. The molecule has 0 aromatic heterocycles. The Hall–Kier alpha value is -0.870. The maximum absolute atomic E-state index is 9.63. The summed E-state index contributed by atoms with van der Waals surface area (Å²) in [4.78, 5) is 0.875. The van der Waals surface area contributed by atoms with E-state index in [4.69, 9.17) is 0 Å². The normalized spacial score (nSPS) is 33.0. The first-order valence-electron chi connectivity index (χ1n) is 3.59. The number of hydrogen-bond acceptors (Lipinski definition) is 4. The molecule has 0 saturated carbocycles. The summed E-state index contributed by atoms with van der Waals surface area (Å²) in [6, 6.07) is 0. The predicted molar refractivity (Wildman–Crippen MR) is 48.2 cm³/mol. The van der Waals surface area contributed by atoms with Crippen molar-refractivity contribution in [3.63, 3.8) is 0 Å².